The zero-order valence-electron chi connectivity index (χ0n) is 16.2. The van der Waals surface area contributed by atoms with E-state index in [1.54, 1.807) is 12.1 Å². The molecule has 0 unspecified atom stereocenters. The number of hydrogen-bond donors (Lipinski definition) is 1. The molecular formula is C22H28N4O2. The van der Waals surface area contributed by atoms with E-state index in [1.165, 1.54) is 50.5 Å². The standard InChI is InChI=1S/C22H28N4O2/c23-22(27)18-7-10-21(24-15-18)28-20-8-5-17(6-9-20)16-25-11-13-26(14-12-25)19-3-1-2-4-19/h5-10,15,19H,1-4,11-14,16H2,(H2,23,27). The fourth-order valence-electron chi connectivity index (χ4n) is 4.18. The first-order valence-electron chi connectivity index (χ1n) is 10.2. The molecule has 1 aromatic carbocycles. The number of nitrogens with two attached hydrogens (primary N) is 1. The molecule has 1 aliphatic carbocycles. The van der Waals surface area contributed by atoms with Gasteiger partial charge in [0.25, 0.3) is 0 Å². The van der Waals surface area contributed by atoms with E-state index in [2.05, 4.69) is 26.9 Å². The number of amides is 1. The minimum Gasteiger partial charge on any atom is -0.439 e. The summed E-state index contributed by atoms with van der Waals surface area (Å²) < 4.78 is 5.75. The molecule has 0 atom stereocenters. The van der Waals surface area contributed by atoms with Crippen molar-refractivity contribution in [2.45, 2.75) is 38.3 Å². The lowest BCUT2D eigenvalue weighted by Crippen LogP contribution is -2.49. The van der Waals surface area contributed by atoms with Gasteiger partial charge in [-0.1, -0.05) is 25.0 Å². The van der Waals surface area contributed by atoms with Gasteiger partial charge in [0.1, 0.15) is 5.75 Å². The van der Waals surface area contributed by atoms with Crippen LogP contribution in [0.15, 0.2) is 42.6 Å². The van der Waals surface area contributed by atoms with Crippen molar-refractivity contribution in [1.82, 2.24) is 14.8 Å². The van der Waals surface area contributed by atoms with E-state index in [4.69, 9.17) is 10.5 Å². The monoisotopic (exact) mass is 380 g/mol. The second-order valence-corrected chi connectivity index (χ2v) is 7.75. The molecule has 2 aromatic rings. The van der Waals surface area contributed by atoms with Crippen LogP contribution in [0.3, 0.4) is 0 Å². The van der Waals surface area contributed by atoms with Gasteiger partial charge in [0.2, 0.25) is 11.8 Å². The summed E-state index contributed by atoms with van der Waals surface area (Å²) >= 11 is 0. The number of benzene rings is 1. The Morgan fingerprint density at radius 1 is 1.04 bits per heavy atom. The van der Waals surface area contributed by atoms with Gasteiger partial charge < -0.3 is 10.5 Å². The van der Waals surface area contributed by atoms with Crippen molar-refractivity contribution in [1.29, 1.82) is 0 Å². The smallest absolute Gasteiger partial charge is 0.250 e. The Morgan fingerprint density at radius 2 is 1.75 bits per heavy atom. The summed E-state index contributed by atoms with van der Waals surface area (Å²) in [4.78, 5) is 20.4. The summed E-state index contributed by atoms with van der Waals surface area (Å²) in [7, 11) is 0. The van der Waals surface area contributed by atoms with Gasteiger partial charge in [-0.05, 0) is 36.6 Å². The maximum Gasteiger partial charge on any atom is 0.250 e. The second kappa shape index (κ2) is 8.71. The minimum absolute atomic E-state index is 0.371. The molecule has 1 aromatic heterocycles. The molecule has 0 spiro atoms. The van der Waals surface area contributed by atoms with Crippen LogP contribution in [-0.2, 0) is 6.54 Å². The van der Waals surface area contributed by atoms with Gasteiger partial charge in [0.15, 0.2) is 0 Å². The van der Waals surface area contributed by atoms with Crippen molar-refractivity contribution >= 4 is 5.91 Å². The van der Waals surface area contributed by atoms with Crippen molar-refractivity contribution in [2.24, 2.45) is 5.73 Å². The van der Waals surface area contributed by atoms with Crippen molar-refractivity contribution in [2.75, 3.05) is 26.2 Å². The van der Waals surface area contributed by atoms with Crippen molar-refractivity contribution in [3.63, 3.8) is 0 Å². The SMILES string of the molecule is NC(=O)c1ccc(Oc2ccc(CN3CCN(C4CCCC4)CC3)cc2)nc1. The lowest BCUT2D eigenvalue weighted by Gasteiger charge is -2.38. The van der Waals surface area contributed by atoms with Crippen molar-refractivity contribution in [3.8, 4) is 11.6 Å². The molecule has 6 nitrogen and oxygen atoms in total. The summed E-state index contributed by atoms with van der Waals surface area (Å²) in [6.45, 7) is 5.65. The highest BCUT2D eigenvalue weighted by atomic mass is 16.5. The number of aromatic nitrogens is 1. The zero-order valence-corrected chi connectivity index (χ0v) is 16.2. The number of piperazine rings is 1. The zero-order chi connectivity index (χ0) is 19.3. The first kappa shape index (κ1) is 18.9. The van der Waals surface area contributed by atoms with Crippen LogP contribution in [-0.4, -0.2) is 52.9 Å². The van der Waals surface area contributed by atoms with E-state index in [9.17, 15) is 4.79 Å². The number of nitrogens with zero attached hydrogens (tertiary/aromatic N) is 3. The molecule has 6 heteroatoms. The largest absolute Gasteiger partial charge is 0.439 e. The summed E-state index contributed by atoms with van der Waals surface area (Å²) in [6, 6.07) is 12.3. The molecule has 1 saturated heterocycles. The predicted molar refractivity (Wildman–Crippen MR) is 108 cm³/mol. The molecule has 2 aliphatic rings. The Balaban J connectivity index is 1.27. The number of primary amides is 1. The van der Waals surface area contributed by atoms with Gasteiger partial charge in [-0.3, -0.25) is 14.6 Å². The van der Waals surface area contributed by atoms with Crippen LogP contribution < -0.4 is 10.5 Å². The van der Waals surface area contributed by atoms with Crippen LogP contribution >= 0.6 is 0 Å². The van der Waals surface area contributed by atoms with Crippen LogP contribution in [0.4, 0.5) is 0 Å². The second-order valence-electron chi connectivity index (χ2n) is 7.75. The fraction of sp³-hybridized carbons (Fsp3) is 0.455. The summed E-state index contributed by atoms with van der Waals surface area (Å²) in [5, 5.41) is 0. The predicted octanol–water partition coefficient (Wildman–Crippen LogP) is 3.03. The molecule has 1 saturated carbocycles. The average Bonchev–Trinajstić information content (AvgIpc) is 3.25. The van der Waals surface area contributed by atoms with Gasteiger partial charge >= 0.3 is 0 Å². The molecule has 2 heterocycles. The minimum atomic E-state index is -0.493. The lowest BCUT2D eigenvalue weighted by molar-refractivity contribution is 0.0937. The van der Waals surface area contributed by atoms with E-state index < -0.39 is 5.91 Å². The average molecular weight is 380 g/mol. The van der Waals surface area contributed by atoms with Gasteiger partial charge in [0.05, 0.1) is 5.56 Å². The Morgan fingerprint density at radius 3 is 2.36 bits per heavy atom. The first-order chi connectivity index (χ1) is 13.7. The number of pyridine rings is 1. The molecule has 1 aliphatic heterocycles. The van der Waals surface area contributed by atoms with Crippen LogP contribution in [0.2, 0.25) is 0 Å². The van der Waals surface area contributed by atoms with Crippen molar-refractivity contribution in [3.05, 3.63) is 53.7 Å². The Hall–Kier alpha value is -2.44. The highest BCUT2D eigenvalue weighted by Gasteiger charge is 2.25. The highest BCUT2D eigenvalue weighted by molar-refractivity contribution is 5.92. The van der Waals surface area contributed by atoms with Crippen molar-refractivity contribution < 1.29 is 9.53 Å². The van der Waals surface area contributed by atoms with Crippen LogP contribution in [0.1, 0.15) is 41.6 Å². The van der Waals surface area contributed by atoms with E-state index in [-0.39, 0.29) is 0 Å². The summed E-state index contributed by atoms with van der Waals surface area (Å²) in [5.41, 5.74) is 6.88. The number of ether oxygens (including phenoxy) is 1. The number of hydrogen-bond acceptors (Lipinski definition) is 5. The molecule has 1 amide bonds. The quantitative estimate of drug-likeness (QED) is 0.834. The van der Waals surface area contributed by atoms with Crippen LogP contribution in [0.5, 0.6) is 11.6 Å². The normalized spacial score (nSPS) is 19.0. The van der Waals surface area contributed by atoms with E-state index in [0.29, 0.717) is 11.4 Å². The molecular weight excluding hydrogens is 352 g/mol. The summed E-state index contributed by atoms with van der Waals surface area (Å²) in [6.07, 6.45) is 7.02. The molecule has 4 rings (SSSR count). The molecule has 148 valence electrons. The maximum absolute atomic E-state index is 11.1. The Labute approximate surface area is 166 Å². The van der Waals surface area contributed by atoms with E-state index in [0.717, 1.165) is 31.4 Å². The van der Waals surface area contributed by atoms with Gasteiger partial charge in [-0.15, -0.1) is 0 Å². The van der Waals surface area contributed by atoms with Crippen LogP contribution in [0.25, 0.3) is 0 Å². The van der Waals surface area contributed by atoms with E-state index >= 15 is 0 Å². The third kappa shape index (κ3) is 4.69. The molecule has 0 bridgehead atoms. The first-order valence-corrected chi connectivity index (χ1v) is 10.2. The Bertz CT molecular complexity index is 777. The van der Waals surface area contributed by atoms with Gasteiger partial charge in [-0.25, -0.2) is 4.98 Å². The summed E-state index contributed by atoms with van der Waals surface area (Å²) in [5.74, 6) is 0.683. The van der Waals surface area contributed by atoms with Gasteiger partial charge in [-0.2, -0.15) is 0 Å². The number of carbonyl (C=O) groups is 1. The van der Waals surface area contributed by atoms with E-state index in [1.807, 2.05) is 12.1 Å². The number of carbonyl (C=O) groups excluding carboxylic acids is 1. The third-order valence-electron chi connectivity index (χ3n) is 5.82. The topological polar surface area (TPSA) is 71.7 Å². The molecule has 2 N–H and O–H groups in total. The lowest BCUT2D eigenvalue weighted by atomic mass is 10.1. The number of rotatable bonds is 6. The van der Waals surface area contributed by atoms with Gasteiger partial charge in [0, 0.05) is 51.0 Å². The molecule has 2 fully saturated rings. The third-order valence-corrected chi connectivity index (χ3v) is 5.82. The molecule has 28 heavy (non-hydrogen) atoms. The van der Waals surface area contributed by atoms with Crippen LogP contribution in [0, 0.1) is 0 Å². The highest BCUT2D eigenvalue weighted by Crippen LogP contribution is 2.25. The fourth-order valence-corrected chi connectivity index (χ4v) is 4.18. The maximum atomic E-state index is 11.1. The molecule has 0 radical (unpaired) electrons. The Kier molecular flexibility index (Phi) is 5.88.